The van der Waals surface area contributed by atoms with Gasteiger partial charge in [-0.3, -0.25) is 0 Å². The van der Waals surface area contributed by atoms with Gasteiger partial charge in [0.1, 0.15) is 0 Å². The molecule has 2 nitrogen and oxygen atoms in total. The van der Waals surface area contributed by atoms with Crippen molar-refractivity contribution in [2.24, 2.45) is 0 Å². The van der Waals surface area contributed by atoms with Gasteiger partial charge in [-0.25, -0.2) is 0 Å². The van der Waals surface area contributed by atoms with E-state index in [1.807, 2.05) is 0 Å². The quantitative estimate of drug-likeness (QED) is 0.869. The summed E-state index contributed by atoms with van der Waals surface area (Å²) in [6.07, 6.45) is 5.19. The summed E-state index contributed by atoms with van der Waals surface area (Å²) < 4.78 is 0. The fourth-order valence-electron chi connectivity index (χ4n) is 2.88. The molecule has 1 N–H and O–H groups in total. The fourth-order valence-corrected chi connectivity index (χ4v) is 3.12. The first-order chi connectivity index (χ1) is 9.26. The second-order valence-corrected chi connectivity index (χ2v) is 5.71. The molecule has 1 heterocycles. The van der Waals surface area contributed by atoms with Crippen molar-refractivity contribution in [3.05, 3.63) is 28.8 Å². The number of anilines is 1. The highest BCUT2D eigenvalue weighted by Crippen LogP contribution is 2.29. The van der Waals surface area contributed by atoms with Gasteiger partial charge < -0.3 is 10.2 Å². The molecule has 3 heteroatoms. The SMILES string of the molecule is CCNCc1ccc(N2CCCCC2CC)cc1Cl. The van der Waals surface area contributed by atoms with Crippen molar-refractivity contribution in [1.82, 2.24) is 5.32 Å². The standard InChI is InChI=1S/C16H25ClN2/c1-3-14-7-5-6-10-19(14)15-9-8-13(12-18-4-2)16(17)11-15/h8-9,11,14,18H,3-7,10,12H2,1-2H3. The van der Waals surface area contributed by atoms with Gasteiger partial charge in [-0.2, -0.15) is 0 Å². The third-order valence-corrected chi connectivity index (χ3v) is 4.38. The van der Waals surface area contributed by atoms with Gasteiger partial charge >= 0.3 is 0 Å². The van der Waals surface area contributed by atoms with E-state index < -0.39 is 0 Å². The molecule has 19 heavy (non-hydrogen) atoms. The van der Waals surface area contributed by atoms with E-state index in [1.165, 1.54) is 43.5 Å². The smallest absolute Gasteiger partial charge is 0.0471 e. The van der Waals surface area contributed by atoms with Crippen molar-refractivity contribution in [3.8, 4) is 0 Å². The number of piperidine rings is 1. The molecule has 0 amide bonds. The fraction of sp³-hybridized carbons (Fsp3) is 0.625. The van der Waals surface area contributed by atoms with E-state index in [4.69, 9.17) is 11.6 Å². The van der Waals surface area contributed by atoms with E-state index in [0.717, 1.165) is 18.1 Å². The molecule has 0 radical (unpaired) electrons. The molecule has 0 aliphatic carbocycles. The summed E-state index contributed by atoms with van der Waals surface area (Å²) in [6.45, 7) is 7.39. The number of rotatable bonds is 5. The Morgan fingerprint density at radius 2 is 2.16 bits per heavy atom. The monoisotopic (exact) mass is 280 g/mol. The van der Waals surface area contributed by atoms with Crippen LogP contribution in [-0.4, -0.2) is 19.1 Å². The molecule has 0 spiro atoms. The summed E-state index contributed by atoms with van der Waals surface area (Å²) >= 11 is 6.41. The molecule has 1 atom stereocenters. The van der Waals surface area contributed by atoms with E-state index in [9.17, 15) is 0 Å². The van der Waals surface area contributed by atoms with Crippen LogP contribution in [0, 0.1) is 0 Å². The van der Waals surface area contributed by atoms with Gasteiger partial charge in [0.25, 0.3) is 0 Å². The van der Waals surface area contributed by atoms with Crippen LogP contribution in [0.1, 0.15) is 45.1 Å². The molecule has 1 unspecified atom stereocenters. The number of hydrogen-bond donors (Lipinski definition) is 1. The van der Waals surface area contributed by atoms with Gasteiger partial charge in [-0.15, -0.1) is 0 Å². The lowest BCUT2D eigenvalue weighted by molar-refractivity contribution is 0.450. The zero-order valence-corrected chi connectivity index (χ0v) is 12.8. The van der Waals surface area contributed by atoms with Crippen molar-refractivity contribution in [1.29, 1.82) is 0 Å². The van der Waals surface area contributed by atoms with Crippen molar-refractivity contribution in [2.45, 2.75) is 52.1 Å². The minimum absolute atomic E-state index is 0.685. The maximum atomic E-state index is 6.41. The number of benzene rings is 1. The molecule has 1 aliphatic rings. The minimum atomic E-state index is 0.685. The molecule has 1 aromatic carbocycles. The van der Waals surface area contributed by atoms with E-state index in [0.29, 0.717) is 6.04 Å². The second-order valence-electron chi connectivity index (χ2n) is 5.31. The Morgan fingerprint density at radius 1 is 1.32 bits per heavy atom. The van der Waals surface area contributed by atoms with Gasteiger partial charge in [0.2, 0.25) is 0 Å². The van der Waals surface area contributed by atoms with Crippen LogP contribution >= 0.6 is 11.6 Å². The van der Waals surface area contributed by atoms with Crippen molar-refractivity contribution in [2.75, 3.05) is 18.0 Å². The van der Waals surface area contributed by atoms with Gasteiger partial charge in [0.15, 0.2) is 0 Å². The van der Waals surface area contributed by atoms with E-state index in [2.05, 4.69) is 42.3 Å². The highest BCUT2D eigenvalue weighted by Gasteiger charge is 2.21. The molecule has 0 bridgehead atoms. The lowest BCUT2D eigenvalue weighted by Gasteiger charge is -2.37. The van der Waals surface area contributed by atoms with Crippen molar-refractivity contribution >= 4 is 17.3 Å². The first kappa shape index (κ1) is 14.7. The molecule has 1 aliphatic heterocycles. The van der Waals surface area contributed by atoms with Crippen LogP contribution in [0.5, 0.6) is 0 Å². The maximum absolute atomic E-state index is 6.41. The minimum Gasteiger partial charge on any atom is -0.369 e. The van der Waals surface area contributed by atoms with Crippen LogP contribution in [0.2, 0.25) is 5.02 Å². The first-order valence-corrected chi connectivity index (χ1v) is 7.89. The molecule has 1 fully saturated rings. The van der Waals surface area contributed by atoms with Crippen LogP contribution in [0.3, 0.4) is 0 Å². The van der Waals surface area contributed by atoms with Gasteiger partial charge in [0.05, 0.1) is 0 Å². The summed E-state index contributed by atoms with van der Waals surface area (Å²) in [5, 5.41) is 4.21. The maximum Gasteiger partial charge on any atom is 0.0471 e. The number of nitrogens with zero attached hydrogens (tertiary/aromatic N) is 1. The van der Waals surface area contributed by atoms with E-state index in [1.54, 1.807) is 0 Å². The van der Waals surface area contributed by atoms with Crippen LogP contribution in [0.15, 0.2) is 18.2 Å². The normalized spacial score (nSPS) is 19.7. The van der Waals surface area contributed by atoms with Crippen LogP contribution in [-0.2, 0) is 6.54 Å². The Labute approximate surface area is 122 Å². The summed E-state index contributed by atoms with van der Waals surface area (Å²) in [4.78, 5) is 2.53. The topological polar surface area (TPSA) is 15.3 Å². The van der Waals surface area contributed by atoms with E-state index >= 15 is 0 Å². The Balaban J connectivity index is 2.13. The molecule has 0 aromatic heterocycles. The second kappa shape index (κ2) is 7.16. The lowest BCUT2D eigenvalue weighted by atomic mass is 9.99. The Hall–Kier alpha value is -0.730. The average molecular weight is 281 g/mol. The third kappa shape index (κ3) is 3.64. The summed E-state index contributed by atoms with van der Waals surface area (Å²) in [6, 6.07) is 7.22. The van der Waals surface area contributed by atoms with Gasteiger partial charge in [-0.05, 0) is 49.9 Å². The molecule has 0 saturated carbocycles. The average Bonchev–Trinajstić information content (AvgIpc) is 2.46. The zero-order valence-electron chi connectivity index (χ0n) is 12.1. The third-order valence-electron chi connectivity index (χ3n) is 4.03. The van der Waals surface area contributed by atoms with Gasteiger partial charge in [-0.1, -0.05) is 31.5 Å². The van der Waals surface area contributed by atoms with Crippen molar-refractivity contribution < 1.29 is 0 Å². The number of hydrogen-bond acceptors (Lipinski definition) is 2. The molecule has 2 rings (SSSR count). The highest BCUT2D eigenvalue weighted by molar-refractivity contribution is 6.31. The van der Waals surface area contributed by atoms with Gasteiger partial charge in [0, 0.05) is 29.8 Å². The molecule has 1 aromatic rings. The zero-order chi connectivity index (χ0) is 13.7. The largest absolute Gasteiger partial charge is 0.369 e. The summed E-state index contributed by atoms with van der Waals surface area (Å²) in [7, 11) is 0. The van der Waals surface area contributed by atoms with Crippen LogP contribution in [0.25, 0.3) is 0 Å². The highest BCUT2D eigenvalue weighted by atomic mass is 35.5. The predicted molar refractivity (Wildman–Crippen MR) is 84.1 cm³/mol. The van der Waals surface area contributed by atoms with Crippen LogP contribution < -0.4 is 10.2 Å². The molecular weight excluding hydrogens is 256 g/mol. The lowest BCUT2D eigenvalue weighted by Crippen LogP contribution is -2.39. The molecule has 1 saturated heterocycles. The molecular formula is C16H25ClN2. The summed E-state index contributed by atoms with van der Waals surface area (Å²) in [5.74, 6) is 0. The predicted octanol–water partition coefficient (Wildman–Crippen LogP) is 4.22. The number of halogens is 1. The first-order valence-electron chi connectivity index (χ1n) is 7.52. The molecule has 106 valence electrons. The van der Waals surface area contributed by atoms with Crippen LogP contribution in [0.4, 0.5) is 5.69 Å². The Morgan fingerprint density at radius 3 is 2.84 bits per heavy atom. The number of nitrogens with one attached hydrogen (secondary N) is 1. The Bertz CT molecular complexity index is 406. The summed E-state index contributed by atoms with van der Waals surface area (Å²) in [5.41, 5.74) is 2.48. The van der Waals surface area contributed by atoms with Crippen molar-refractivity contribution in [3.63, 3.8) is 0 Å². The Kier molecular flexibility index (Phi) is 5.53. The van der Waals surface area contributed by atoms with E-state index in [-0.39, 0.29) is 0 Å².